The van der Waals surface area contributed by atoms with Gasteiger partial charge in [0.25, 0.3) is 6.04 Å². The van der Waals surface area contributed by atoms with E-state index in [0.717, 1.165) is 18.5 Å². The van der Waals surface area contributed by atoms with Crippen molar-refractivity contribution in [2.45, 2.75) is 31.9 Å². The average Bonchev–Trinajstić information content (AvgIpc) is 3.20. The van der Waals surface area contributed by atoms with E-state index in [1.54, 1.807) is 18.3 Å². The summed E-state index contributed by atoms with van der Waals surface area (Å²) in [7, 11) is 0. The molecule has 2 amide bonds. The number of nitrogens with one attached hydrogen (secondary N) is 1. The monoisotopic (exact) mass is 451 g/mol. The third kappa shape index (κ3) is 5.06. The van der Waals surface area contributed by atoms with Crippen LogP contribution >= 0.6 is 0 Å². The third-order valence-corrected chi connectivity index (χ3v) is 6.15. The van der Waals surface area contributed by atoms with Gasteiger partial charge in [-0.05, 0) is 43.2 Å². The van der Waals surface area contributed by atoms with Crippen LogP contribution in [0.4, 0.5) is 20.6 Å². The molecule has 4 rings (SSSR count). The van der Waals surface area contributed by atoms with Gasteiger partial charge in [0.1, 0.15) is 17.6 Å². The molecule has 1 aromatic carbocycles. The van der Waals surface area contributed by atoms with Crippen LogP contribution in [0.25, 0.3) is 4.85 Å². The highest BCUT2D eigenvalue weighted by Crippen LogP contribution is 2.36. The normalized spacial score (nSPS) is 19.7. The van der Waals surface area contributed by atoms with Gasteiger partial charge in [0.2, 0.25) is 5.91 Å². The molecule has 2 aliphatic rings. The quantitative estimate of drug-likeness (QED) is 0.680. The second-order valence-electron chi connectivity index (χ2n) is 8.34. The Kier molecular flexibility index (Phi) is 6.73. The fourth-order valence-electron chi connectivity index (χ4n) is 4.44. The maximum absolute atomic E-state index is 15.0. The van der Waals surface area contributed by atoms with Crippen molar-refractivity contribution in [1.29, 1.82) is 0 Å². The summed E-state index contributed by atoms with van der Waals surface area (Å²) in [4.78, 5) is 34.8. The molecule has 33 heavy (non-hydrogen) atoms. The van der Waals surface area contributed by atoms with Crippen molar-refractivity contribution >= 4 is 23.4 Å². The summed E-state index contributed by atoms with van der Waals surface area (Å²) in [5, 5.41) is 2.62. The number of piperidine rings is 1. The Balaban J connectivity index is 1.39. The summed E-state index contributed by atoms with van der Waals surface area (Å²) < 4.78 is 20.3. The minimum Gasteiger partial charge on any atom is -0.442 e. The second-order valence-corrected chi connectivity index (χ2v) is 8.34. The number of hydrogen-bond acceptors (Lipinski definition) is 5. The lowest BCUT2D eigenvalue weighted by Gasteiger charge is -2.34. The third-order valence-electron chi connectivity index (χ3n) is 6.15. The molecule has 0 radical (unpaired) electrons. The van der Waals surface area contributed by atoms with Gasteiger partial charge in [-0.1, -0.05) is 6.07 Å². The molecule has 2 fully saturated rings. The summed E-state index contributed by atoms with van der Waals surface area (Å²) in [5.41, 5.74) is 1.69. The van der Waals surface area contributed by atoms with Crippen molar-refractivity contribution in [2.75, 3.05) is 36.0 Å². The number of rotatable bonds is 6. The number of carbonyl (C=O) groups is 2. The molecule has 0 saturated carbocycles. The van der Waals surface area contributed by atoms with Crippen LogP contribution in [0.2, 0.25) is 0 Å². The molecule has 0 aliphatic carbocycles. The minimum absolute atomic E-state index is 0.177. The number of amides is 2. The van der Waals surface area contributed by atoms with E-state index in [2.05, 4.69) is 15.1 Å². The van der Waals surface area contributed by atoms with Gasteiger partial charge in [-0.25, -0.2) is 15.8 Å². The highest BCUT2D eigenvalue weighted by molar-refractivity contribution is 5.90. The maximum Gasteiger partial charge on any atom is 0.414 e. The van der Waals surface area contributed by atoms with E-state index in [0.29, 0.717) is 24.5 Å². The van der Waals surface area contributed by atoms with Crippen LogP contribution < -0.4 is 15.1 Å². The first-order chi connectivity index (χ1) is 16.0. The Labute approximate surface area is 192 Å². The first-order valence-corrected chi connectivity index (χ1v) is 11.0. The number of halogens is 1. The summed E-state index contributed by atoms with van der Waals surface area (Å²) in [6.45, 7) is 10.8. The van der Waals surface area contributed by atoms with Gasteiger partial charge in [0.15, 0.2) is 0 Å². The summed E-state index contributed by atoms with van der Waals surface area (Å²) >= 11 is 0. The summed E-state index contributed by atoms with van der Waals surface area (Å²) in [6.07, 6.45) is 2.22. The number of aromatic nitrogens is 1. The fraction of sp³-hybridized carbons (Fsp3) is 0.417. The molecule has 1 N–H and O–H groups in total. The average molecular weight is 452 g/mol. The van der Waals surface area contributed by atoms with Crippen LogP contribution in [0, 0.1) is 18.3 Å². The van der Waals surface area contributed by atoms with Crippen molar-refractivity contribution in [3.63, 3.8) is 0 Å². The molecule has 8 nitrogen and oxygen atoms in total. The summed E-state index contributed by atoms with van der Waals surface area (Å²) in [5.74, 6) is -0.433. The Morgan fingerprint density at radius 3 is 2.76 bits per heavy atom. The van der Waals surface area contributed by atoms with Crippen LogP contribution in [-0.2, 0) is 9.53 Å². The molecule has 2 atom stereocenters. The first-order valence-electron chi connectivity index (χ1n) is 11.0. The van der Waals surface area contributed by atoms with Gasteiger partial charge < -0.3 is 19.8 Å². The van der Waals surface area contributed by atoms with Crippen molar-refractivity contribution in [3.8, 4) is 0 Å². The van der Waals surface area contributed by atoms with Gasteiger partial charge in [0.05, 0.1) is 24.5 Å². The molecule has 9 heteroatoms. The number of cyclic esters (lactones) is 1. The zero-order valence-corrected chi connectivity index (χ0v) is 18.4. The molecule has 2 aromatic rings. The molecule has 1 aromatic heterocycles. The zero-order chi connectivity index (χ0) is 23.4. The number of ether oxygens (including phenoxy) is 1. The number of carbonyl (C=O) groups excluding carboxylic acids is 2. The minimum atomic E-state index is -0.557. The Morgan fingerprint density at radius 2 is 2.12 bits per heavy atom. The number of hydrogen-bond donors (Lipinski definition) is 1. The Morgan fingerprint density at radius 1 is 1.33 bits per heavy atom. The SMILES string of the molecule is [C-]#[N+]C(c1ccccn1)C1CCN(c2ccc(N3C[C@H](CNC(C)=O)OC3=O)cc2F)CC1. The number of anilines is 2. The number of pyridine rings is 1. The molecule has 1 unspecified atom stereocenters. The topological polar surface area (TPSA) is 79.1 Å². The number of nitrogens with zero attached hydrogens (tertiary/aromatic N) is 4. The largest absolute Gasteiger partial charge is 0.442 e. The first kappa shape index (κ1) is 22.5. The highest BCUT2D eigenvalue weighted by atomic mass is 19.1. The Bertz CT molecular complexity index is 1050. The van der Waals surface area contributed by atoms with E-state index in [4.69, 9.17) is 11.3 Å². The van der Waals surface area contributed by atoms with Gasteiger partial charge >= 0.3 is 6.09 Å². The molecule has 2 aliphatic heterocycles. The molecule has 3 heterocycles. The van der Waals surface area contributed by atoms with Crippen LogP contribution in [0.5, 0.6) is 0 Å². The fourth-order valence-corrected chi connectivity index (χ4v) is 4.44. The molecule has 2 saturated heterocycles. The van der Waals surface area contributed by atoms with E-state index in [-0.39, 0.29) is 31.0 Å². The lowest BCUT2D eigenvalue weighted by atomic mass is 9.87. The van der Waals surface area contributed by atoms with Gasteiger partial charge in [-0.3, -0.25) is 14.7 Å². The molecule has 172 valence electrons. The van der Waals surface area contributed by atoms with E-state index < -0.39 is 18.0 Å². The van der Waals surface area contributed by atoms with Crippen LogP contribution in [0.15, 0.2) is 42.6 Å². The van der Waals surface area contributed by atoms with Gasteiger partial charge in [-0.2, -0.15) is 0 Å². The molecule has 0 bridgehead atoms. The van der Waals surface area contributed by atoms with Gasteiger partial charge in [-0.15, -0.1) is 0 Å². The molecule has 0 spiro atoms. The zero-order valence-electron chi connectivity index (χ0n) is 18.4. The van der Waals surface area contributed by atoms with E-state index >= 15 is 4.39 Å². The van der Waals surface area contributed by atoms with Crippen molar-refractivity contribution < 1.29 is 18.7 Å². The lowest BCUT2D eigenvalue weighted by Crippen LogP contribution is -2.36. The van der Waals surface area contributed by atoms with Crippen LogP contribution in [-0.4, -0.2) is 49.3 Å². The highest BCUT2D eigenvalue weighted by Gasteiger charge is 2.35. The standard InChI is InChI=1S/C24H26FN5O3/c1-16(31)28-14-19-15-30(24(32)33-19)18-6-7-22(20(25)13-18)29-11-8-17(9-12-29)23(26-2)21-5-3-4-10-27-21/h3-7,10,13,17,19,23H,8-9,11-12,14-15H2,1H3,(H,28,31)/t19-,23?/m0/s1. The second kappa shape index (κ2) is 9.86. The molecular formula is C24H26FN5O3. The van der Waals surface area contributed by atoms with Gasteiger partial charge in [0, 0.05) is 32.1 Å². The molecular weight excluding hydrogens is 425 g/mol. The maximum atomic E-state index is 15.0. The van der Waals surface area contributed by atoms with Crippen molar-refractivity contribution in [1.82, 2.24) is 10.3 Å². The smallest absolute Gasteiger partial charge is 0.414 e. The lowest BCUT2D eigenvalue weighted by molar-refractivity contribution is -0.119. The van der Waals surface area contributed by atoms with E-state index in [1.807, 2.05) is 23.1 Å². The van der Waals surface area contributed by atoms with Crippen molar-refractivity contribution in [3.05, 3.63) is 65.5 Å². The summed E-state index contributed by atoms with van der Waals surface area (Å²) in [6, 6.07) is 10.1. The van der Waals surface area contributed by atoms with Crippen LogP contribution in [0.3, 0.4) is 0 Å². The predicted molar refractivity (Wildman–Crippen MR) is 121 cm³/mol. The van der Waals surface area contributed by atoms with E-state index in [1.165, 1.54) is 17.9 Å². The predicted octanol–water partition coefficient (Wildman–Crippen LogP) is 3.56. The van der Waals surface area contributed by atoms with Crippen LogP contribution in [0.1, 0.15) is 31.5 Å². The Hall–Kier alpha value is -3.67. The number of benzene rings is 1. The van der Waals surface area contributed by atoms with Crippen molar-refractivity contribution in [2.24, 2.45) is 5.92 Å². The van der Waals surface area contributed by atoms with E-state index in [9.17, 15) is 9.59 Å².